The van der Waals surface area contributed by atoms with Gasteiger partial charge in [-0.2, -0.15) is 5.10 Å². The highest BCUT2D eigenvalue weighted by molar-refractivity contribution is 6.09. The molecule has 2 N–H and O–H groups in total. The average Bonchev–Trinajstić information content (AvgIpc) is 3.05. The van der Waals surface area contributed by atoms with Crippen LogP contribution < -0.4 is 10.2 Å². The number of nitrogens with one attached hydrogen (secondary N) is 2. The van der Waals surface area contributed by atoms with Crippen molar-refractivity contribution in [1.29, 1.82) is 0 Å². The van der Waals surface area contributed by atoms with E-state index in [0.29, 0.717) is 11.4 Å². The molecule has 0 fully saturated rings. The zero-order valence-electron chi connectivity index (χ0n) is 14.8. The summed E-state index contributed by atoms with van der Waals surface area (Å²) in [4.78, 5) is 27.0. The Hall–Kier alpha value is -3.07. The Morgan fingerprint density at radius 3 is 2.40 bits per heavy atom. The van der Waals surface area contributed by atoms with Gasteiger partial charge in [-0.15, -0.1) is 0 Å². The van der Waals surface area contributed by atoms with E-state index in [0.717, 1.165) is 0 Å². The van der Waals surface area contributed by atoms with Crippen LogP contribution in [0.25, 0.3) is 0 Å². The van der Waals surface area contributed by atoms with Gasteiger partial charge in [0.1, 0.15) is 0 Å². The first kappa shape index (κ1) is 18.3. The summed E-state index contributed by atoms with van der Waals surface area (Å²) in [6.07, 6.45) is 1.55. The first-order chi connectivity index (χ1) is 11.8. The molecule has 0 saturated heterocycles. The molecule has 0 saturated carbocycles. The molecule has 1 heterocycles. The summed E-state index contributed by atoms with van der Waals surface area (Å²) in [5, 5.41) is 9.65. The van der Waals surface area contributed by atoms with Crippen LogP contribution in [0.1, 0.15) is 39.4 Å². The molecule has 1 aromatic carbocycles. The Bertz CT molecular complexity index is 780. The molecule has 2 amide bonds. The van der Waals surface area contributed by atoms with Crippen LogP contribution >= 0.6 is 0 Å². The van der Waals surface area contributed by atoms with Gasteiger partial charge in [-0.1, -0.05) is 24.1 Å². The molecular weight excluding hydrogens is 316 g/mol. The molecule has 0 radical (unpaired) electrons. The fourth-order valence-electron chi connectivity index (χ4n) is 2.39. The largest absolute Gasteiger partial charge is 0.349 e. The monoisotopic (exact) mass is 338 g/mol. The second-order valence-electron chi connectivity index (χ2n) is 6.54. The van der Waals surface area contributed by atoms with Gasteiger partial charge in [-0.05, 0) is 51.8 Å². The maximum atomic E-state index is 13.0. The highest BCUT2D eigenvalue weighted by Gasteiger charge is 2.34. The number of amides is 2. The molecule has 0 aliphatic rings. The Kier molecular flexibility index (Phi) is 5.60. The van der Waals surface area contributed by atoms with Gasteiger partial charge in [-0.25, -0.2) is 0 Å². The lowest BCUT2D eigenvalue weighted by Gasteiger charge is -2.31. The van der Waals surface area contributed by atoms with E-state index < -0.39 is 17.5 Å². The summed E-state index contributed by atoms with van der Waals surface area (Å²) >= 11 is 0. The van der Waals surface area contributed by atoms with E-state index in [1.807, 2.05) is 26.8 Å². The lowest BCUT2D eigenvalue weighted by atomic mass is 10.1. The van der Waals surface area contributed by atoms with Crippen LogP contribution in [0.5, 0.6) is 0 Å². The predicted octanol–water partition coefficient (Wildman–Crippen LogP) is 2.42. The lowest BCUT2D eigenvalue weighted by Crippen LogP contribution is -2.49. The van der Waals surface area contributed by atoms with Gasteiger partial charge in [-0.3, -0.25) is 19.6 Å². The molecule has 130 valence electrons. The summed E-state index contributed by atoms with van der Waals surface area (Å²) in [6, 6.07) is 9.76. The number of para-hydroxylation sites is 1. The molecule has 1 atom stereocenters. The van der Waals surface area contributed by atoms with Crippen molar-refractivity contribution in [1.82, 2.24) is 15.5 Å². The van der Waals surface area contributed by atoms with Crippen LogP contribution in [0.4, 0.5) is 5.69 Å². The summed E-state index contributed by atoms with van der Waals surface area (Å²) in [5.74, 6) is 4.36. The van der Waals surface area contributed by atoms with Crippen LogP contribution in [0, 0.1) is 11.8 Å². The molecule has 25 heavy (non-hydrogen) atoms. The van der Waals surface area contributed by atoms with Crippen molar-refractivity contribution < 1.29 is 9.59 Å². The molecule has 2 rings (SSSR count). The van der Waals surface area contributed by atoms with Crippen molar-refractivity contribution in [3.05, 3.63) is 48.3 Å². The summed E-state index contributed by atoms with van der Waals surface area (Å²) in [5.41, 5.74) is 0.646. The Labute approximate surface area is 147 Å². The third-order valence-corrected chi connectivity index (χ3v) is 3.31. The topological polar surface area (TPSA) is 78.1 Å². The van der Waals surface area contributed by atoms with Crippen LogP contribution in [-0.2, 0) is 9.59 Å². The van der Waals surface area contributed by atoms with E-state index in [9.17, 15) is 9.59 Å². The van der Waals surface area contributed by atoms with Crippen molar-refractivity contribution in [2.45, 2.75) is 39.3 Å². The SMILES string of the molecule is CC#CC(=O)N(c1ccccc1)C(C(=O)NC(C)(C)C)c1ccn[nH]1. The molecule has 1 aromatic heterocycles. The van der Waals surface area contributed by atoms with Crippen LogP contribution in [-0.4, -0.2) is 27.6 Å². The summed E-state index contributed by atoms with van der Waals surface area (Å²) in [6.45, 7) is 7.24. The minimum atomic E-state index is -0.905. The van der Waals surface area contributed by atoms with E-state index in [1.54, 1.807) is 43.5 Å². The zero-order chi connectivity index (χ0) is 18.4. The Balaban J connectivity index is 2.55. The molecule has 0 aliphatic carbocycles. The second kappa shape index (κ2) is 7.67. The number of carbonyl (C=O) groups excluding carboxylic acids is 2. The highest BCUT2D eigenvalue weighted by Crippen LogP contribution is 2.27. The predicted molar refractivity (Wildman–Crippen MR) is 96.6 cm³/mol. The first-order valence-electron chi connectivity index (χ1n) is 7.96. The number of H-pyrrole nitrogens is 1. The number of aromatic nitrogens is 2. The van der Waals surface area contributed by atoms with Crippen LogP contribution in [0.15, 0.2) is 42.6 Å². The van der Waals surface area contributed by atoms with Crippen molar-refractivity contribution in [2.75, 3.05) is 4.90 Å². The van der Waals surface area contributed by atoms with Gasteiger partial charge in [0.15, 0.2) is 6.04 Å². The molecule has 0 bridgehead atoms. The zero-order valence-corrected chi connectivity index (χ0v) is 14.8. The van der Waals surface area contributed by atoms with Crippen LogP contribution in [0.3, 0.4) is 0 Å². The normalized spacial score (nSPS) is 11.8. The molecule has 6 nitrogen and oxygen atoms in total. The van der Waals surface area contributed by atoms with E-state index in [1.165, 1.54) is 4.90 Å². The van der Waals surface area contributed by atoms with Crippen molar-refractivity contribution in [2.24, 2.45) is 0 Å². The summed E-state index contributed by atoms with van der Waals surface area (Å²) in [7, 11) is 0. The van der Waals surface area contributed by atoms with Gasteiger partial charge < -0.3 is 5.32 Å². The number of hydrogen-bond acceptors (Lipinski definition) is 3. The minimum Gasteiger partial charge on any atom is -0.349 e. The van der Waals surface area contributed by atoms with E-state index >= 15 is 0 Å². The number of benzene rings is 1. The van der Waals surface area contributed by atoms with Gasteiger partial charge in [0.05, 0.1) is 5.69 Å². The second-order valence-corrected chi connectivity index (χ2v) is 6.54. The van der Waals surface area contributed by atoms with Gasteiger partial charge in [0.25, 0.3) is 0 Å². The number of anilines is 1. The number of rotatable bonds is 4. The van der Waals surface area contributed by atoms with Crippen LogP contribution in [0.2, 0.25) is 0 Å². The molecule has 0 spiro atoms. The number of hydrogen-bond donors (Lipinski definition) is 2. The maximum absolute atomic E-state index is 13.0. The van der Waals surface area contributed by atoms with E-state index in [-0.39, 0.29) is 5.91 Å². The molecule has 1 unspecified atom stereocenters. The third kappa shape index (κ3) is 4.70. The number of nitrogens with zero attached hydrogens (tertiary/aromatic N) is 2. The lowest BCUT2D eigenvalue weighted by molar-refractivity contribution is -0.126. The molecule has 6 heteroatoms. The smallest absolute Gasteiger partial charge is 0.303 e. The minimum absolute atomic E-state index is 0.313. The summed E-state index contributed by atoms with van der Waals surface area (Å²) < 4.78 is 0. The van der Waals surface area contributed by atoms with Crippen molar-refractivity contribution in [3.8, 4) is 11.8 Å². The highest BCUT2D eigenvalue weighted by atomic mass is 16.2. The van der Waals surface area contributed by atoms with E-state index in [4.69, 9.17) is 0 Å². The third-order valence-electron chi connectivity index (χ3n) is 3.31. The molecule has 0 aliphatic heterocycles. The number of carbonyl (C=O) groups is 2. The first-order valence-corrected chi connectivity index (χ1v) is 7.96. The number of aromatic amines is 1. The van der Waals surface area contributed by atoms with E-state index in [2.05, 4.69) is 27.4 Å². The average molecular weight is 338 g/mol. The van der Waals surface area contributed by atoms with Gasteiger partial charge in [0, 0.05) is 17.4 Å². The molecule has 2 aromatic rings. The van der Waals surface area contributed by atoms with Gasteiger partial charge in [0.2, 0.25) is 5.91 Å². The Morgan fingerprint density at radius 2 is 1.88 bits per heavy atom. The fourth-order valence-corrected chi connectivity index (χ4v) is 2.39. The van der Waals surface area contributed by atoms with Crippen molar-refractivity contribution >= 4 is 17.5 Å². The fraction of sp³-hybridized carbons (Fsp3) is 0.316. The quantitative estimate of drug-likeness (QED) is 0.841. The van der Waals surface area contributed by atoms with Gasteiger partial charge >= 0.3 is 5.91 Å². The Morgan fingerprint density at radius 1 is 1.20 bits per heavy atom. The van der Waals surface area contributed by atoms with Crippen molar-refractivity contribution in [3.63, 3.8) is 0 Å². The standard InChI is InChI=1S/C19H22N4O2/c1-5-9-16(24)23(14-10-7-6-8-11-14)17(15-12-13-20-22-15)18(25)21-19(2,3)4/h6-8,10-13,17H,1-4H3,(H,20,22)(H,21,25). The molecular formula is C19H22N4O2. The maximum Gasteiger partial charge on any atom is 0.303 e.